The molecule has 1 aliphatic rings. The number of carbonyl (C=O) groups excluding carboxylic acids is 1. The van der Waals surface area contributed by atoms with Gasteiger partial charge in [0, 0.05) is 11.9 Å². The third-order valence-electron chi connectivity index (χ3n) is 3.31. The standard InChI is InChI=1S/C15H12N2O3/c18-14-8-11-7-10(15(19)20)4-5-13(11)17(14)9-12-3-1-2-6-16-12/h1-7H,8-9H2,(H,19,20). The van der Waals surface area contributed by atoms with Gasteiger partial charge in [0.2, 0.25) is 5.91 Å². The van der Waals surface area contributed by atoms with Crippen LogP contribution in [0.3, 0.4) is 0 Å². The second-order valence-electron chi connectivity index (χ2n) is 4.63. The van der Waals surface area contributed by atoms with Crippen molar-refractivity contribution in [3.05, 3.63) is 59.4 Å². The molecule has 0 aliphatic carbocycles. The number of carboxylic acid groups (broad SMARTS) is 1. The van der Waals surface area contributed by atoms with Crippen LogP contribution >= 0.6 is 0 Å². The van der Waals surface area contributed by atoms with Gasteiger partial charge in [-0.15, -0.1) is 0 Å². The molecule has 0 spiro atoms. The zero-order valence-corrected chi connectivity index (χ0v) is 10.6. The van der Waals surface area contributed by atoms with E-state index in [1.165, 1.54) is 6.07 Å². The molecule has 2 heterocycles. The molecule has 1 N–H and O–H groups in total. The summed E-state index contributed by atoms with van der Waals surface area (Å²) < 4.78 is 0. The normalized spacial score (nSPS) is 13.4. The number of carbonyl (C=O) groups is 2. The number of carboxylic acids is 1. The number of hydrogen-bond donors (Lipinski definition) is 1. The van der Waals surface area contributed by atoms with Crippen LogP contribution in [0.4, 0.5) is 5.69 Å². The molecular formula is C15H12N2O3. The highest BCUT2D eigenvalue weighted by Crippen LogP contribution is 2.30. The van der Waals surface area contributed by atoms with E-state index in [9.17, 15) is 9.59 Å². The smallest absolute Gasteiger partial charge is 0.335 e. The van der Waals surface area contributed by atoms with Crippen LogP contribution in [0.25, 0.3) is 0 Å². The van der Waals surface area contributed by atoms with Gasteiger partial charge in [0.25, 0.3) is 0 Å². The van der Waals surface area contributed by atoms with Gasteiger partial charge in [0.15, 0.2) is 0 Å². The van der Waals surface area contributed by atoms with E-state index in [0.29, 0.717) is 6.54 Å². The van der Waals surface area contributed by atoms with Crippen molar-refractivity contribution in [3.63, 3.8) is 0 Å². The molecule has 0 saturated carbocycles. The Bertz CT molecular complexity index is 683. The lowest BCUT2D eigenvalue weighted by Crippen LogP contribution is -2.26. The number of aromatic carboxylic acids is 1. The monoisotopic (exact) mass is 268 g/mol. The SMILES string of the molecule is O=C(O)c1ccc2c(c1)CC(=O)N2Cc1ccccn1. The highest BCUT2D eigenvalue weighted by molar-refractivity contribution is 6.02. The van der Waals surface area contributed by atoms with Crippen molar-refractivity contribution in [1.29, 1.82) is 0 Å². The maximum atomic E-state index is 12.1. The molecule has 3 rings (SSSR count). The number of pyridine rings is 1. The predicted molar refractivity (Wildman–Crippen MR) is 72.5 cm³/mol. The molecule has 20 heavy (non-hydrogen) atoms. The number of fused-ring (bicyclic) bond motifs is 1. The summed E-state index contributed by atoms with van der Waals surface area (Å²) in [7, 11) is 0. The molecule has 5 heteroatoms. The van der Waals surface area contributed by atoms with Crippen molar-refractivity contribution < 1.29 is 14.7 Å². The molecule has 1 aromatic heterocycles. The van der Waals surface area contributed by atoms with Gasteiger partial charge in [-0.25, -0.2) is 4.79 Å². The van der Waals surface area contributed by atoms with Crippen molar-refractivity contribution in [1.82, 2.24) is 4.98 Å². The molecule has 0 fully saturated rings. The van der Waals surface area contributed by atoms with E-state index < -0.39 is 5.97 Å². The van der Waals surface area contributed by atoms with Gasteiger partial charge in [-0.05, 0) is 35.9 Å². The minimum Gasteiger partial charge on any atom is -0.478 e. The lowest BCUT2D eigenvalue weighted by atomic mass is 10.1. The molecule has 5 nitrogen and oxygen atoms in total. The molecule has 1 amide bonds. The first-order valence-corrected chi connectivity index (χ1v) is 6.21. The first-order chi connectivity index (χ1) is 9.65. The number of benzene rings is 1. The van der Waals surface area contributed by atoms with Gasteiger partial charge in [-0.1, -0.05) is 6.07 Å². The number of anilines is 1. The number of nitrogens with zero attached hydrogens (tertiary/aromatic N) is 2. The van der Waals surface area contributed by atoms with Gasteiger partial charge in [-0.3, -0.25) is 9.78 Å². The average Bonchev–Trinajstić information content (AvgIpc) is 2.75. The molecule has 2 aromatic rings. The molecule has 0 bridgehead atoms. The van der Waals surface area contributed by atoms with E-state index >= 15 is 0 Å². The molecule has 0 unspecified atom stereocenters. The Morgan fingerprint density at radius 2 is 2.15 bits per heavy atom. The molecule has 0 atom stereocenters. The summed E-state index contributed by atoms with van der Waals surface area (Å²) in [5, 5.41) is 8.97. The van der Waals surface area contributed by atoms with Crippen molar-refractivity contribution >= 4 is 17.6 Å². The second kappa shape index (κ2) is 4.77. The van der Waals surface area contributed by atoms with Crippen LogP contribution < -0.4 is 4.90 Å². The lowest BCUT2D eigenvalue weighted by Gasteiger charge is -2.17. The third-order valence-corrected chi connectivity index (χ3v) is 3.31. The number of rotatable bonds is 3. The Morgan fingerprint density at radius 3 is 2.85 bits per heavy atom. The fourth-order valence-corrected chi connectivity index (χ4v) is 2.34. The van der Waals surface area contributed by atoms with Crippen molar-refractivity contribution in [3.8, 4) is 0 Å². The Morgan fingerprint density at radius 1 is 1.30 bits per heavy atom. The summed E-state index contributed by atoms with van der Waals surface area (Å²) in [4.78, 5) is 28.9. The van der Waals surface area contributed by atoms with Crippen LogP contribution in [0.1, 0.15) is 21.6 Å². The topological polar surface area (TPSA) is 70.5 Å². The first kappa shape index (κ1) is 12.3. The zero-order chi connectivity index (χ0) is 14.1. The summed E-state index contributed by atoms with van der Waals surface area (Å²) >= 11 is 0. The van der Waals surface area contributed by atoms with Gasteiger partial charge < -0.3 is 10.0 Å². The van der Waals surface area contributed by atoms with Crippen LogP contribution in [0.15, 0.2) is 42.6 Å². The van der Waals surface area contributed by atoms with E-state index in [1.807, 2.05) is 18.2 Å². The maximum absolute atomic E-state index is 12.1. The van der Waals surface area contributed by atoms with Gasteiger partial charge >= 0.3 is 5.97 Å². The summed E-state index contributed by atoms with van der Waals surface area (Å²) in [5.41, 5.74) is 2.53. The minimum absolute atomic E-state index is 0.0341. The Hall–Kier alpha value is -2.69. The van der Waals surface area contributed by atoms with E-state index in [0.717, 1.165) is 16.9 Å². The van der Waals surface area contributed by atoms with Crippen LogP contribution in [0, 0.1) is 0 Å². The Labute approximate surface area is 115 Å². The van der Waals surface area contributed by atoms with E-state index in [-0.39, 0.29) is 17.9 Å². The summed E-state index contributed by atoms with van der Waals surface area (Å²) in [6, 6.07) is 10.3. The van der Waals surface area contributed by atoms with E-state index in [1.54, 1.807) is 23.2 Å². The fraction of sp³-hybridized carbons (Fsp3) is 0.133. The minimum atomic E-state index is -0.983. The highest BCUT2D eigenvalue weighted by atomic mass is 16.4. The van der Waals surface area contributed by atoms with Crippen molar-refractivity contribution in [2.24, 2.45) is 0 Å². The van der Waals surface area contributed by atoms with Crippen LogP contribution in [-0.4, -0.2) is 22.0 Å². The zero-order valence-electron chi connectivity index (χ0n) is 10.6. The number of hydrogen-bond acceptors (Lipinski definition) is 3. The molecule has 0 radical (unpaired) electrons. The largest absolute Gasteiger partial charge is 0.478 e. The Kier molecular flexibility index (Phi) is 2.95. The number of aromatic nitrogens is 1. The molecule has 0 saturated heterocycles. The van der Waals surface area contributed by atoms with Crippen molar-refractivity contribution in [2.75, 3.05) is 4.90 Å². The van der Waals surface area contributed by atoms with Crippen LogP contribution in [0.2, 0.25) is 0 Å². The highest BCUT2D eigenvalue weighted by Gasteiger charge is 2.28. The predicted octanol–water partition coefficient (Wildman–Crippen LogP) is 1.87. The average molecular weight is 268 g/mol. The molecule has 100 valence electrons. The van der Waals surface area contributed by atoms with E-state index in [2.05, 4.69) is 4.98 Å². The van der Waals surface area contributed by atoms with Gasteiger partial charge in [0.1, 0.15) is 0 Å². The summed E-state index contributed by atoms with van der Waals surface area (Å²) in [6.45, 7) is 0.402. The Balaban J connectivity index is 1.92. The molecule has 1 aliphatic heterocycles. The van der Waals surface area contributed by atoms with Gasteiger partial charge in [-0.2, -0.15) is 0 Å². The van der Waals surface area contributed by atoms with Gasteiger partial charge in [0.05, 0.1) is 24.2 Å². The van der Waals surface area contributed by atoms with Crippen LogP contribution in [-0.2, 0) is 17.8 Å². The van der Waals surface area contributed by atoms with Crippen LogP contribution in [0.5, 0.6) is 0 Å². The lowest BCUT2D eigenvalue weighted by molar-refractivity contribution is -0.117. The molecular weight excluding hydrogens is 256 g/mol. The third kappa shape index (κ3) is 2.14. The summed E-state index contributed by atoms with van der Waals surface area (Å²) in [6.07, 6.45) is 1.92. The molecule has 1 aromatic carbocycles. The fourth-order valence-electron chi connectivity index (χ4n) is 2.34. The maximum Gasteiger partial charge on any atom is 0.335 e. The second-order valence-corrected chi connectivity index (χ2v) is 4.63. The van der Waals surface area contributed by atoms with Crippen molar-refractivity contribution in [2.45, 2.75) is 13.0 Å². The quantitative estimate of drug-likeness (QED) is 0.922. The summed E-state index contributed by atoms with van der Waals surface area (Å²) in [5.74, 6) is -1.02. The first-order valence-electron chi connectivity index (χ1n) is 6.21. The number of amides is 1. The van der Waals surface area contributed by atoms with E-state index in [4.69, 9.17) is 5.11 Å².